The maximum atomic E-state index is 12.0. The second kappa shape index (κ2) is 4.96. The van der Waals surface area contributed by atoms with Gasteiger partial charge in [-0.3, -0.25) is 4.79 Å². The third kappa shape index (κ3) is 2.53. The number of nitrogens with zero attached hydrogens (tertiary/aromatic N) is 2. The summed E-state index contributed by atoms with van der Waals surface area (Å²) >= 11 is 0. The van der Waals surface area contributed by atoms with Crippen LogP contribution in [0.2, 0.25) is 0 Å². The fourth-order valence-corrected chi connectivity index (χ4v) is 1.74. The predicted octanol–water partition coefficient (Wildman–Crippen LogP) is 2.34. The van der Waals surface area contributed by atoms with E-state index in [2.05, 4.69) is 5.32 Å². The molecule has 0 radical (unpaired) electrons. The molecule has 0 unspecified atom stereocenters. The zero-order valence-electron chi connectivity index (χ0n) is 10.8. The van der Waals surface area contributed by atoms with Crippen LogP contribution in [0.1, 0.15) is 10.5 Å². The van der Waals surface area contributed by atoms with Crippen LogP contribution in [0.4, 0.5) is 11.4 Å². The summed E-state index contributed by atoms with van der Waals surface area (Å²) in [5.74, 6) is -0.0971. The number of aryl methyl sites for hydroxylation is 1. The van der Waals surface area contributed by atoms with Gasteiger partial charge in [0.25, 0.3) is 5.91 Å². The molecular weight excluding hydrogens is 226 g/mol. The Morgan fingerprint density at radius 2 is 1.83 bits per heavy atom. The second-order valence-corrected chi connectivity index (χ2v) is 4.40. The molecule has 2 rings (SSSR count). The molecule has 0 saturated carbocycles. The lowest BCUT2D eigenvalue weighted by Crippen LogP contribution is -2.15. The number of aromatic nitrogens is 1. The first-order chi connectivity index (χ1) is 8.58. The van der Waals surface area contributed by atoms with Crippen LogP contribution in [-0.2, 0) is 7.05 Å². The van der Waals surface area contributed by atoms with Crippen molar-refractivity contribution < 1.29 is 4.79 Å². The summed E-state index contributed by atoms with van der Waals surface area (Å²) in [7, 11) is 5.82. The van der Waals surface area contributed by atoms with Crippen molar-refractivity contribution >= 4 is 17.3 Å². The van der Waals surface area contributed by atoms with E-state index in [0.29, 0.717) is 5.69 Å². The van der Waals surface area contributed by atoms with Gasteiger partial charge in [0, 0.05) is 38.7 Å². The third-order valence-electron chi connectivity index (χ3n) is 2.82. The van der Waals surface area contributed by atoms with Crippen LogP contribution in [0, 0.1) is 0 Å². The molecular formula is C14H17N3O. The van der Waals surface area contributed by atoms with Crippen molar-refractivity contribution in [2.45, 2.75) is 0 Å². The quantitative estimate of drug-likeness (QED) is 0.898. The lowest BCUT2D eigenvalue weighted by Gasteiger charge is -2.13. The first-order valence-electron chi connectivity index (χ1n) is 5.78. The van der Waals surface area contributed by atoms with Crippen LogP contribution in [0.3, 0.4) is 0 Å². The molecule has 0 atom stereocenters. The molecule has 2 aromatic rings. The van der Waals surface area contributed by atoms with Crippen molar-refractivity contribution in [1.82, 2.24) is 4.57 Å². The monoisotopic (exact) mass is 243 g/mol. The van der Waals surface area contributed by atoms with Crippen LogP contribution < -0.4 is 10.2 Å². The second-order valence-electron chi connectivity index (χ2n) is 4.40. The lowest BCUT2D eigenvalue weighted by molar-refractivity contribution is 0.101. The van der Waals surface area contributed by atoms with E-state index in [1.807, 2.05) is 62.6 Å². The van der Waals surface area contributed by atoms with Crippen molar-refractivity contribution in [3.63, 3.8) is 0 Å². The molecule has 4 heteroatoms. The van der Waals surface area contributed by atoms with Gasteiger partial charge in [0.1, 0.15) is 5.69 Å². The molecule has 1 aromatic carbocycles. The van der Waals surface area contributed by atoms with Gasteiger partial charge in [-0.2, -0.15) is 0 Å². The van der Waals surface area contributed by atoms with Gasteiger partial charge < -0.3 is 14.8 Å². The number of nitrogens with one attached hydrogen (secondary N) is 1. The molecule has 1 aromatic heterocycles. The zero-order valence-corrected chi connectivity index (χ0v) is 10.8. The molecule has 4 nitrogen and oxygen atoms in total. The van der Waals surface area contributed by atoms with E-state index in [0.717, 1.165) is 11.4 Å². The molecule has 1 N–H and O–H groups in total. The van der Waals surface area contributed by atoms with E-state index in [1.54, 1.807) is 10.6 Å². The molecule has 18 heavy (non-hydrogen) atoms. The number of carbonyl (C=O) groups is 1. The predicted molar refractivity (Wildman–Crippen MR) is 74.1 cm³/mol. The minimum Gasteiger partial charge on any atom is -0.378 e. The molecule has 0 aliphatic heterocycles. The van der Waals surface area contributed by atoms with Crippen LogP contribution in [-0.4, -0.2) is 24.6 Å². The van der Waals surface area contributed by atoms with Crippen molar-refractivity contribution in [1.29, 1.82) is 0 Å². The van der Waals surface area contributed by atoms with E-state index in [1.165, 1.54) is 0 Å². The first-order valence-corrected chi connectivity index (χ1v) is 5.78. The molecule has 0 saturated heterocycles. The number of hydrogen-bond acceptors (Lipinski definition) is 2. The number of benzene rings is 1. The number of carbonyl (C=O) groups excluding carboxylic acids is 1. The average Bonchev–Trinajstić information content (AvgIpc) is 2.76. The van der Waals surface area contributed by atoms with Crippen molar-refractivity contribution in [3.05, 3.63) is 48.3 Å². The van der Waals surface area contributed by atoms with Gasteiger partial charge in [0.2, 0.25) is 0 Å². The normalized spacial score (nSPS) is 10.2. The third-order valence-corrected chi connectivity index (χ3v) is 2.82. The summed E-state index contributed by atoms with van der Waals surface area (Å²) in [5, 5.41) is 2.87. The number of amides is 1. The highest BCUT2D eigenvalue weighted by molar-refractivity contribution is 6.03. The fourth-order valence-electron chi connectivity index (χ4n) is 1.74. The molecule has 1 heterocycles. The average molecular weight is 243 g/mol. The van der Waals surface area contributed by atoms with Gasteiger partial charge in [-0.25, -0.2) is 0 Å². The van der Waals surface area contributed by atoms with Gasteiger partial charge >= 0.3 is 0 Å². The minimum absolute atomic E-state index is 0.0971. The van der Waals surface area contributed by atoms with Crippen molar-refractivity contribution in [3.8, 4) is 0 Å². The topological polar surface area (TPSA) is 37.3 Å². The number of hydrogen-bond donors (Lipinski definition) is 1. The van der Waals surface area contributed by atoms with Crippen molar-refractivity contribution in [2.24, 2.45) is 7.05 Å². The maximum absolute atomic E-state index is 12.0. The summed E-state index contributed by atoms with van der Waals surface area (Å²) in [6.45, 7) is 0. The van der Waals surface area contributed by atoms with E-state index < -0.39 is 0 Å². The molecule has 0 aliphatic carbocycles. The summed E-state index contributed by atoms with van der Waals surface area (Å²) in [6.07, 6.45) is 1.85. The van der Waals surface area contributed by atoms with Gasteiger partial charge in [0.15, 0.2) is 0 Å². The Morgan fingerprint density at radius 1 is 1.17 bits per heavy atom. The summed E-state index contributed by atoms with van der Waals surface area (Å²) < 4.78 is 1.80. The van der Waals surface area contributed by atoms with Crippen LogP contribution in [0.5, 0.6) is 0 Å². The van der Waals surface area contributed by atoms with Crippen LogP contribution in [0.25, 0.3) is 0 Å². The Bertz CT molecular complexity index is 540. The maximum Gasteiger partial charge on any atom is 0.272 e. The SMILES string of the molecule is CN(C)c1ccc(NC(=O)c2cccn2C)cc1. The largest absolute Gasteiger partial charge is 0.378 e. The van der Waals surface area contributed by atoms with E-state index >= 15 is 0 Å². The standard InChI is InChI=1S/C14H17N3O/c1-16(2)12-8-6-11(7-9-12)15-14(18)13-5-4-10-17(13)3/h4-10H,1-3H3,(H,15,18). The first kappa shape index (κ1) is 12.2. The highest BCUT2D eigenvalue weighted by atomic mass is 16.1. The molecule has 0 fully saturated rings. The lowest BCUT2D eigenvalue weighted by atomic mass is 10.2. The smallest absolute Gasteiger partial charge is 0.272 e. The van der Waals surface area contributed by atoms with Gasteiger partial charge in [-0.1, -0.05) is 0 Å². The molecule has 0 spiro atoms. The van der Waals surface area contributed by atoms with Crippen molar-refractivity contribution in [2.75, 3.05) is 24.3 Å². The Morgan fingerprint density at radius 3 is 2.33 bits per heavy atom. The van der Waals surface area contributed by atoms with E-state index in [-0.39, 0.29) is 5.91 Å². The minimum atomic E-state index is -0.0971. The molecule has 0 aliphatic rings. The number of anilines is 2. The van der Waals surface area contributed by atoms with E-state index in [4.69, 9.17) is 0 Å². The van der Waals surface area contributed by atoms with Crippen LogP contribution >= 0.6 is 0 Å². The Hall–Kier alpha value is -2.23. The summed E-state index contributed by atoms with van der Waals surface area (Å²) in [6, 6.07) is 11.4. The fraction of sp³-hybridized carbons (Fsp3) is 0.214. The Labute approximate surface area is 107 Å². The highest BCUT2D eigenvalue weighted by Gasteiger charge is 2.08. The van der Waals surface area contributed by atoms with Gasteiger partial charge in [-0.15, -0.1) is 0 Å². The summed E-state index contributed by atoms with van der Waals surface area (Å²) in [4.78, 5) is 14.0. The molecule has 94 valence electrons. The van der Waals surface area contributed by atoms with Gasteiger partial charge in [-0.05, 0) is 36.4 Å². The van der Waals surface area contributed by atoms with E-state index in [9.17, 15) is 4.79 Å². The van der Waals surface area contributed by atoms with Gasteiger partial charge in [0.05, 0.1) is 0 Å². The zero-order chi connectivity index (χ0) is 13.1. The number of rotatable bonds is 3. The Kier molecular flexibility index (Phi) is 3.37. The van der Waals surface area contributed by atoms with Crippen LogP contribution in [0.15, 0.2) is 42.6 Å². The Balaban J connectivity index is 2.10. The molecule has 1 amide bonds. The summed E-state index contributed by atoms with van der Waals surface area (Å²) in [5.41, 5.74) is 2.55. The molecule has 0 bridgehead atoms. The highest BCUT2D eigenvalue weighted by Crippen LogP contribution is 2.16.